The molecule has 1 aromatic rings. The number of carbonyl (C=O) groups excluding carboxylic acids is 1. The van der Waals surface area contributed by atoms with Crippen LogP contribution in [0.1, 0.15) is 12.5 Å². The third-order valence-electron chi connectivity index (χ3n) is 2.24. The highest BCUT2D eigenvalue weighted by Crippen LogP contribution is 2.13. The SMILES string of the molecule is CC(=O)N[C@@H](CS(=O)Cc1cccc(Br)c1)C(=O)O. The lowest BCUT2D eigenvalue weighted by atomic mass is 10.2. The standard InChI is InChI=1S/C12H14BrNO4S/c1-8(15)14-11(12(16)17)7-19(18)6-9-3-2-4-10(13)5-9/h2-5,11H,6-7H2,1H3,(H,14,15)(H,16,17)/t11-,19?/m0/s1. The molecule has 0 spiro atoms. The number of hydrogen-bond donors (Lipinski definition) is 2. The monoisotopic (exact) mass is 347 g/mol. The summed E-state index contributed by atoms with van der Waals surface area (Å²) in [4.78, 5) is 21.8. The second kappa shape index (κ2) is 7.40. The van der Waals surface area contributed by atoms with Crippen molar-refractivity contribution in [3.63, 3.8) is 0 Å². The van der Waals surface area contributed by atoms with Crippen LogP contribution in [0.4, 0.5) is 0 Å². The maximum atomic E-state index is 11.9. The normalized spacial score (nSPS) is 13.6. The molecule has 1 amide bonds. The summed E-state index contributed by atoms with van der Waals surface area (Å²) < 4.78 is 12.8. The van der Waals surface area contributed by atoms with E-state index in [4.69, 9.17) is 5.11 Å². The molecule has 0 heterocycles. The summed E-state index contributed by atoms with van der Waals surface area (Å²) >= 11 is 3.31. The summed E-state index contributed by atoms with van der Waals surface area (Å²) in [6, 6.07) is 6.19. The number of nitrogens with one attached hydrogen (secondary N) is 1. The lowest BCUT2D eigenvalue weighted by Crippen LogP contribution is -2.43. The molecule has 19 heavy (non-hydrogen) atoms. The van der Waals surface area contributed by atoms with Crippen molar-refractivity contribution >= 4 is 38.6 Å². The predicted molar refractivity (Wildman–Crippen MR) is 76.1 cm³/mol. The first-order chi connectivity index (χ1) is 8.88. The Hall–Kier alpha value is -1.21. The Bertz CT molecular complexity index is 506. The molecule has 1 unspecified atom stereocenters. The third kappa shape index (κ3) is 5.98. The van der Waals surface area contributed by atoms with E-state index in [1.807, 2.05) is 24.3 Å². The molecule has 104 valence electrons. The summed E-state index contributed by atoms with van der Waals surface area (Å²) in [7, 11) is -1.36. The van der Waals surface area contributed by atoms with Gasteiger partial charge in [0.05, 0.1) is 5.75 Å². The molecular formula is C12H14BrNO4S. The fourth-order valence-corrected chi connectivity index (χ4v) is 3.19. The van der Waals surface area contributed by atoms with Gasteiger partial charge in [-0.05, 0) is 17.7 Å². The van der Waals surface area contributed by atoms with Gasteiger partial charge in [-0.15, -0.1) is 0 Å². The number of carboxylic acid groups (broad SMARTS) is 1. The van der Waals surface area contributed by atoms with Crippen molar-refractivity contribution < 1.29 is 18.9 Å². The number of rotatable bonds is 6. The largest absolute Gasteiger partial charge is 0.480 e. The highest BCUT2D eigenvalue weighted by atomic mass is 79.9. The summed E-state index contributed by atoms with van der Waals surface area (Å²) in [6.45, 7) is 1.23. The molecule has 2 atom stereocenters. The Kier molecular flexibility index (Phi) is 6.17. The second-order valence-corrected chi connectivity index (χ2v) is 6.39. The van der Waals surface area contributed by atoms with E-state index in [1.165, 1.54) is 6.92 Å². The molecule has 5 nitrogen and oxygen atoms in total. The van der Waals surface area contributed by atoms with Gasteiger partial charge in [0.15, 0.2) is 0 Å². The van der Waals surface area contributed by atoms with Crippen LogP contribution in [0.3, 0.4) is 0 Å². The van der Waals surface area contributed by atoms with Crippen LogP contribution in [-0.4, -0.2) is 33.0 Å². The van der Waals surface area contributed by atoms with Crippen LogP contribution in [0.5, 0.6) is 0 Å². The number of benzene rings is 1. The van der Waals surface area contributed by atoms with Crippen LogP contribution >= 0.6 is 15.9 Å². The molecule has 0 aliphatic rings. The average Bonchev–Trinajstić information content (AvgIpc) is 2.27. The second-order valence-electron chi connectivity index (χ2n) is 3.97. The third-order valence-corrected chi connectivity index (χ3v) is 4.10. The van der Waals surface area contributed by atoms with Crippen molar-refractivity contribution in [3.05, 3.63) is 34.3 Å². The van der Waals surface area contributed by atoms with Crippen LogP contribution in [-0.2, 0) is 26.1 Å². The number of amides is 1. The summed E-state index contributed by atoms with van der Waals surface area (Å²) in [5.74, 6) is -1.49. The fraction of sp³-hybridized carbons (Fsp3) is 0.333. The maximum absolute atomic E-state index is 11.9. The lowest BCUT2D eigenvalue weighted by Gasteiger charge is -2.12. The summed E-state index contributed by atoms with van der Waals surface area (Å²) in [5.41, 5.74) is 0.847. The van der Waals surface area contributed by atoms with E-state index in [-0.39, 0.29) is 11.5 Å². The van der Waals surface area contributed by atoms with Gasteiger partial charge >= 0.3 is 5.97 Å². The van der Waals surface area contributed by atoms with E-state index in [1.54, 1.807) is 0 Å². The highest BCUT2D eigenvalue weighted by molar-refractivity contribution is 9.10. The van der Waals surface area contributed by atoms with Crippen LogP contribution in [0.25, 0.3) is 0 Å². The van der Waals surface area contributed by atoms with Crippen molar-refractivity contribution in [2.75, 3.05) is 5.75 Å². The minimum absolute atomic E-state index is 0.110. The first-order valence-electron chi connectivity index (χ1n) is 5.48. The molecule has 0 aliphatic heterocycles. The van der Waals surface area contributed by atoms with Crippen LogP contribution in [0.15, 0.2) is 28.7 Å². The van der Waals surface area contributed by atoms with Crippen LogP contribution < -0.4 is 5.32 Å². The van der Waals surface area contributed by atoms with Gasteiger partial charge in [0.2, 0.25) is 5.91 Å². The van der Waals surface area contributed by atoms with Gasteiger partial charge in [-0.3, -0.25) is 9.00 Å². The molecule has 0 bridgehead atoms. The van der Waals surface area contributed by atoms with Crippen LogP contribution in [0.2, 0.25) is 0 Å². The highest BCUT2D eigenvalue weighted by Gasteiger charge is 2.21. The van der Waals surface area contributed by atoms with Crippen molar-refractivity contribution in [2.24, 2.45) is 0 Å². The Morgan fingerprint density at radius 1 is 1.47 bits per heavy atom. The van der Waals surface area contributed by atoms with Crippen molar-refractivity contribution in [1.29, 1.82) is 0 Å². The van der Waals surface area contributed by atoms with Crippen molar-refractivity contribution in [2.45, 2.75) is 18.7 Å². The molecule has 0 radical (unpaired) electrons. The number of hydrogen-bond acceptors (Lipinski definition) is 3. The Morgan fingerprint density at radius 3 is 2.68 bits per heavy atom. The fourth-order valence-electron chi connectivity index (χ4n) is 1.48. The maximum Gasteiger partial charge on any atom is 0.327 e. The van der Waals surface area contributed by atoms with E-state index in [0.717, 1.165) is 10.0 Å². The van der Waals surface area contributed by atoms with Gasteiger partial charge in [-0.1, -0.05) is 28.1 Å². The molecule has 0 aliphatic carbocycles. The summed E-state index contributed by atoms with van der Waals surface area (Å²) in [5, 5.41) is 11.2. The molecule has 0 fully saturated rings. The van der Waals surface area contributed by atoms with Gasteiger partial charge in [0, 0.05) is 27.9 Å². The molecule has 0 aromatic heterocycles. The topological polar surface area (TPSA) is 83.5 Å². The zero-order valence-corrected chi connectivity index (χ0v) is 12.7. The predicted octanol–water partition coefficient (Wildman–Crippen LogP) is 1.29. The Labute approximate surface area is 122 Å². The van der Waals surface area contributed by atoms with Gasteiger partial charge in [-0.2, -0.15) is 0 Å². The first-order valence-corrected chi connectivity index (χ1v) is 7.76. The van der Waals surface area contributed by atoms with E-state index in [9.17, 15) is 13.8 Å². The van der Waals surface area contributed by atoms with Crippen LogP contribution in [0, 0.1) is 0 Å². The van der Waals surface area contributed by atoms with Gasteiger partial charge in [0.1, 0.15) is 6.04 Å². The van der Waals surface area contributed by atoms with E-state index in [2.05, 4.69) is 21.2 Å². The molecule has 0 saturated heterocycles. The van der Waals surface area contributed by atoms with Gasteiger partial charge in [-0.25, -0.2) is 4.79 Å². The Balaban J connectivity index is 2.62. The average molecular weight is 348 g/mol. The minimum atomic E-state index is -1.36. The number of halogens is 1. The zero-order chi connectivity index (χ0) is 14.4. The smallest absolute Gasteiger partial charge is 0.327 e. The minimum Gasteiger partial charge on any atom is -0.480 e. The van der Waals surface area contributed by atoms with Crippen molar-refractivity contribution in [1.82, 2.24) is 5.32 Å². The molecule has 7 heteroatoms. The summed E-state index contributed by atoms with van der Waals surface area (Å²) in [6.07, 6.45) is 0. The number of carbonyl (C=O) groups is 2. The first kappa shape index (κ1) is 15.8. The van der Waals surface area contributed by atoms with E-state index < -0.39 is 28.7 Å². The molecule has 2 N–H and O–H groups in total. The molecule has 1 rings (SSSR count). The lowest BCUT2D eigenvalue weighted by molar-refractivity contribution is -0.140. The number of carboxylic acids is 1. The van der Waals surface area contributed by atoms with E-state index >= 15 is 0 Å². The quantitative estimate of drug-likeness (QED) is 0.812. The molecule has 1 aromatic carbocycles. The van der Waals surface area contributed by atoms with Gasteiger partial charge in [0.25, 0.3) is 0 Å². The molecular weight excluding hydrogens is 334 g/mol. The zero-order valence-electron chi connectivity index (χ0n) is 10.3. The Morgan fingerprint density at radius 2 is 2.16 bits per heavy atom. The number of aliphatic carboxylic acids is 1. The van der Waals surface area contributed by atoms with Gasteiger partial charge < -0.3 is 10.4 Å². The van der Waals surface area contributed by atoms with Crippen molar-refractivity contribution in [3.8, 4) is 0 Å². The van der Waals surface area contributed by atoms with E-state index in [0.29, 0.717) is 0 Å². The molecule has 0 saturated carbocycles.